The van der Waals surface area contributed by atoms with Gasteiger partial charge in [0.05, 0.1) is 7.11 Å². The van der Waals surface area contributed by atoms with Gasteiger partial charge in [-0.1, -0.05) is 24.3 Å². The second-order valence-electron chi connectivity index (χ2n) is 8.35. The van der Waals surface area contributed by atoms with Crippen molar-refractivity contribution in [3.63, 3.8) is 0 Å². The minimum atomic E-state index is -2.91. The molecule has 0 radical (unpaired) electrons. The summed E-state index contributed by atoms with van der Waals surface area (Å²) in [5.74, 6) is -1.35. The molecule has 0 bridgehead atoms. The Morgan fingerprint density at radius 2 is 1.22 bits per heavy atom. The largest absolute Gasteiger partial charge is 0.480 e. The third-order valence-electron chi connectivity index (χ3n) is 5.97. The van der Waals surface area contributed by atoms with Crippen LogP contribution in [0.5, 0.6) is 11.5 Å². The number of esters is 1. The topological polar surface area (TPSA) is 88.5 Å². The fourth-order valence-electron chi connectivity index (χ4n) is 4.04. The number of rotatable bonds is 10. The van der Waals surface area contributed by atoms with Crippen LogP contribution in [0, 0.1) is 0 Å². The Balaban J connectivity index is 0.000000206. The average molecular weight is 528 g/mol. The van der Waals surface area contributed by atoms with E-state index in [2.05, 4.69) is 9.47 Å². The summed E-state index contributed by atoms with van der Waals surface area (Å²) >= 11 is 0. The summed E-state index contributed by atoms with van der Waals surface area (Å²) in [5, 5.41) is 9.20. The Hall–Kier alpha value is -3.38. The van der Waals surface area contributed by atoms with E-state index in [1.54, 1.807) is 23.1 Å². The zero-order chi connectivity index (χ0) is 26.9. The molecule has 2 atom stereocenters. The molecule has 1 N–H and O–H groups in total. The molecular formula is C25H28F4N2O6. The Morgan fingerprint density at radius 3 is 1.57 bits per heavy atom. The molecule has 0 amide bonds. The van der Waals surface area contributed by atoms with Gasteiger partial charge in [0, 0.05) is 26.2 Å². The average Bonchev–Trinajstić information content (AvgIpc) is 2.77. The number of carboxylic acids is 1. The molecule has 0 saturated carbocycles. The summed E-state index contributed by atoms with van der Waals surface area (Å²) < 4.78 is 62.0. The van der Waals surface area contributed by atoms with Crippen LogP contribution in [0.2, 0.25) is 0 Å². The number of likely N-dealkylation sites (tertiary alicyclic amines) is 2. The van der Waals surface area contributed by atoms with Crippen LogP contribution < -0.4 is 9.47 Å². The van der Waals surface area contributed by atoms with Crippen molar-refractivity contribution in [2.24, 2.45) is 0 Å². The molecule has 202 valence electrons. The van der Waals surface area contributed by atoms with E-state index in [1.165, 1.54) is 37.4 Å². The first-order valence-electron chi connectivity index (χ1n) is 11.6. The molecular weight excluding hydrogens is 500 g/mol. The summed E-state index contributed by atoms with van der Waals surface area (Å²) in [6.07, 6.45) is 1.97. The fraction of sp³-hybridized carbons (Fsp3) is 0.440. The molecule has 2 unspecified atom stereocenters. The number of aliphatic carboxylic acids is 1. The molecule has 0 aliphatic carbocycles. The molecule has 2 heterocycles. The van der Waals surface area contributed by atoms with Gasteiger partial charge in [-0.05, 0) is 48.2 Å². The normalized spacial score (nSPS) is 17.1. The maximum absolute atomic E-state index is 12.2. The first kappa shape index (κ1) is 28.2. The smallest absolute Gasteiger partial charge is 0.387 e. The summed E-state index contributed by atoms with van der Waals surface area (Å²) in [6, 6.07) is 10.7. The molecule has 12 heteroatoms. The summed E-state index contributed by atoms with van der Waals surface area (Å²) in [6.45, 7) is -2.80. The van der Waals surface area contributed by atoms with Gasteiger partial charge in [-0.25, -0.2) is 4.79 Å². The van der Waals surface area contributed by atoms with Gasteiger partial charge in [0.1, 0.15) is 23.6 Å². The summed E-state index contributed by atoms with van der Waals surface area (Å²) in [4.78, 5) is 26.8. The minimum absolute atomic E-state index is 0.0192. The van der Waals surface area contributed by atoms with Gasteiger partial charge in [0.15, 0.2) is 0 Å². The predicted octanol–water partition coefficient (Wildman–Crippen LogP) is 4.33. The molecule has 2 aromatic carbocycles. The van der Waals surface area contributed by atoms with Gasteiger partial charge in [-0.15, -0.1) is 0 Å². The van der Waals surface area contributed by atoms with E-state index in [-0.39, 0.29) is 11.5 Å². The monoisotopic (exact) mass is 528 g/mol. The van der Waals surface area contributed by atoms with Crippen molar-refractivity contribution in [3.8, 4) is 11.5 Å². The van der Waals surface area contributed by atoms with Crippen molar-refractivity contribution < 1.29 is 46.5 Å². The van der Waals surface area contributed by atoms with Crippen molar-refractivity contribution in [1.82, 2.24) is 9.80 Å². The van der Waals surface area contributed by atoms with Crippen molar-refractivity contribution in [3.05, 3.63) is 59.7 Å². The van der Waals surface area contributed by atoms with Crippen LogP contribution >= 0.6 is 0 Å². The van der Waals surface area contributed by atoms with E-state index >= 15 is 0 Å². The van der Waals surface area contributed by atoms with E-state index in [1.807, 2.05) is 4.90 Å². The Bertz CT molecular complexity index is 1050. The lowest BCUT2D eigenvalue weighted by Crippen LogP contribution is -2.43. The maximum Gasteiger partial charge on any atom is 0.387 e. The van der Waals surface area contributed by atoms with E-state index < -0.39 is 37.2 Å². The number of methoxy groups -OCH3 is 1. The van der Waals surface area contributed by atoms with E-state index in [0.717, 1.165) is 25.9 Å². The number of nitrogens with zero attached hydrogens (tertiary/aromatic N) is 2. The lowest BCUT2D eigenvalue weighted by Gasteiger charge is -2.36. The summed E-state index contributed by atoms with van der Waals surface area (Å²) in [5.41, 5.74) is 1.06. The van der Waals surface area contributed by atoms with Gasteiger partial charge in [0.2, 0.25) is 0 Å². The van der Waals surface area contributed by atoms with Gasteiger partial charge >= 0.3 is 25.2 Å². The highest BCUT2D eigenvalue weighted by Gasteiger charge is 2.33. The zero-order valence-corrected chi connectivity index (χ0v) is 20.1. The predicted molar refractivity (Wildman–Crippen MR) is 124 cm³/mol. The first-order chi connectivity index (χ1) is 17.7. The molecule has 0 aromatic heterocycles. The highest BCUT2D eigenvalue weighted by Crippen LogP contribution is 2.30. The highest BCUT2D eigenvalue weighted by molar-refractivity contribution is 5.78. The zero-order valence-electron chi connectivity index (χ0n) is 20.1. The number of ether oxygens (including phenoxy) is 3. The first-order valence-corrected chi connectivity index (χ1v) is 11.6. The number of hydrogen-bond donors (Lipinski definition) is 1. The highest BCUT2D eigenvalue weighted by atomic mass is 19.3. The van der Waals surface area contributed by atoms with Crippen LogP contribution in [0.1, 0.15) is 36.1 Å². The number of carbonyl (C=O) groups excluding carboxylic acids is 1. The number of alkyl halides is 4. The number of halogens is 4. The van der Waals surface area contributed by atoms with Crippen molar-refractivity contribution >= 4 is 11.9 Å². The van der Waals surface area contributed by atoms with E-state index in [9.17, 15) is 32.3 Å². The molecule has 0 spiro atoms. The van der Waals surface area contributed by atoms with Crippen LogP contribution in [-0.2, 0) is 14.3 Å². The number of hydrogen-bond acceptors (Lipinski definition) is 7. The molecule has 2 aliphatic rings. The number of benzene rings is 2. The molecule has 2 aliphatic heterocycles. The van der Waals surface area contributed by atoms with Gasteiger partial charge < -0.3 is 19.3 Å². The van der Waals surface area contributed by atoms with Crippen molar-refractivity contribution in [1.29, 1.82) is 0 Å². The van der Waals surface area contributed by atoms with Crippen molar-refractivity contribution in [2.75, 3.05) is 33.3 Å². The lowest BCUT2D eigenvalue weighted by atomic mass is 10.0. The molecule has 4 rings (SSSR count). The SMILES string of the molecule is COC(=O)C(c1cccc(OC(F)F)c1)N1CCC1.O=C(O)C(c1cccc(OC(F)F)c1)N1CCC1. The minimum Gasteiger partial charge on any atom is -0.480 e. The third-order valence-corrected chi connectivity index (χ3v) is 5.97. The maximum atomic E-state index is 12.2. The fourth-order valence-corrected chi connectivity index (χ4v) is 4.04. The van der Waals surface area contributed by atoms with Crippen molar-refractivity contribution in [2.45, 2.75) is 38.1 Å². The molecule has 2 fully saturated rings. The molecule has 37 heavy (non-hydrogen) atoms. The quantitative estimate of drug-likeness (QED) is 0.360. The molecule has 8 nitrogen and oxygen atoms in total. The van der Waals surface area contributed by atoms with Gasteiger partial charge in [-0.2, -0.15) is 17.6 Å². The van der Waals surface area contributed by atoms with Crippen LogP contribution in [0.15, 0.2) is 48.5 Å². The Morgan fingerprint density at radius 1 is 0.784 bits per heavy atom. The van der Waals surface area contributed by atoms with Crippen LogP contribution in [-0.4, -0.2) is 73.4 Å². The second kappa shape index (κ2) is 13.2. The standard InChI is InChI=1S/C13H15F2NO3.C12H13F2NO3/c1-18-12(17)11(16-6-3-7-16)9-4-2-5-10(8-9)19-13(14)15;13-12(14)18-9-4-1-3-8(7-9)10(11(16)17)15-5-2-6-15/h2,4-5,8,11,13H,3,6-7H2,1H3;1,3-4,7,10,12H,2,5-6H2,(H,16,17). The van der Waals surface area contributed by atoms with Crippen LogP contribution in [0.25, 0.3) is 0 Å². The second-order valence-corrected chi connectivity index (χ2v) is 8.35. The number of carboxylic acid groups (broad SMARTS) is 1. The van der Waals surface area contributed by atoms with Gasteiger partial charge in [-0.3, -0.25) is 14.6 Å². The Labute approximate surface area is 211 Å². The lowest BCUT2D eigenvalue weighted by molar-refractivity contribution is -0.149. The van der Waals surface area contributed by atoms with Gasteiger partial charge in [0.25, 0.3) is 0 Å². The van der Waals surface area contributed by atoms with E-state index in [0.29, 0.717) is 24.2 Å². The third kappa shape index (κ3) is 7.80. The number of carbonyl (C=O) groups is 2. The van der Waals surface area contributed by atoms with E-state index in [4.69, 9.17) is 4.74 Å². The van der Waals surface area contributed by atoms with Crippen LogP contribution in [0.3, 0.4) is 0 Å². The molecule has 2 saturated heterocycles. The Kier molecular flexibility index (Phi) is 10.1. The molecule has 2 aromatic rings. The van der Waals surface area contributed by atoms with Crippen LogP contribution in [0.4, 0.5) is 17.6 Å². The summed E-state index contributed by atoms with van der Waals surface area (Å²) in [7, 11) is 1.31.